The van der Waals surface area contributed by atoms with Crippen molar-refractivity contribution in [1.29, 1.82) is 0 Å². The molecule has 186 valence electrons. The van der Waals surface area contributed by atoms with Gasteiger partial charge in [0.15, 0.2) is 0 Å². The van der Waals surface area contributed by atoms with Crippen LogP contribution < -0.4 is 10.2 Å². The van der Waals surface area contributed by atoms with Gasteiger partial charge < -0.3 is 20.1 Å². The second-order valence-electron chi connectivity index (χ2n) is 8.46. The predicted molar refractivity (Wildman–Crippen MR) is 131 cm³/mol. The van der Waals surface area contributed by atoms with Gasteiger partial charge in [-0.2, -0.15) is 11.3 Å². The largest absolute Gasteiger partial charge is 0.480 e. The lowest BCUT2D eigenvalue weighted by atomic mass is 9.96. The summed E-state index contributed by atoms with van der Waals surface area (Å²) in [5.74, 6) is -2.61. The molecule has 1 aromatic carbocycles. The number of hydrogen-bond acceptors (Lipinski definition) is 6. The molecule has 2 unspecified atom stereocenters. The normalized spacial score (nSPS) is 14.6. The zero-order valence-corrected chi connectivity index (χ0v) is 21.1. The molecule has 9 nitrogen and oxygen atoms in total. The Kier molecular flexibility index (Phi) is 10.3. The van der Waals surface area contributed by atoms with Crippen molar-refractivity contribution in [2.45, 2.75) is 39.8 Å². The molecule has 0 bridgehead atoms. The first kappa shape index (κ1) is 27.6. The molecule has 0 fully saturated rings. The van der Waals surface area contributed by atoms with Crippen LogP contribution >= 0.6 is 18.7 Å². The van der Waals surface area contributed by atoms with Crippen LogP contribution in [-0.2, 0) is 25.5 Å². The molecular weight excluding hydrogens is 479 g/mol. The van der Waals surface area contributed by atoms with Crippen LogP contribution in [0.5, 0.6) is 0 Å². The highest BCUT2D eigenvalue weighted by Crippen LogP contribution is 2.43. The molecule has 0 saturated heterocycles. The van der Waals surface area contributed by atoms with Gasteiger partial charge in [-0.3, -0.25) is 14.3 Å². The van der Waals surface area contributed by atoms with E-state index in [9.17, 15) is 28.9 Å². The molecule has 0 aliphatic heterocycles. The van der Waals surface area contributed by atoms with Crippen LogP contribution in [0.4, 0.5) is 10.5 Å². The van der Waals surface area contributed by atoms with Crippen LogP contribution in [0, 0.1) is 11.8 Å². The summed E-state index contributed by atoms with van der Waals surface area (Å²) < 4.78 is 18.0. The SMILES string of the molecule is CC(C)CC(CP(=O)(O)CNC(=O)OCc1ccccc1)C(=O)N(c1ccsc1)[C@@H](C)C(=O)O. The number of alkyl carbamates (subject to hydrolysis) is 1. The minimum absolute atomic E-state index is 0.0134. The number of hydrogen-bond donors (Lipinski definition) is 3. The minimum Gasteiger partial charge on any atom is -0.480 e. The van der Waals surface area contributed by atoms with Crippen molar-refractivity contribution in [3.05, 3.63) is 52.7 Å². The summed E-state index contributed by atoms with van der Waals surface area (Å²) in [7, 11) is -3.98. The van der Waals surface area contributed by atoms with Gasteiger partial charge in [-0.15, -0.1) is 0 Å². The standard InChI is InChI=1S/C23H31N2O7PS/c1-16(2)11-19(21(26)25(17(3)22(27)28)20-9-10-34-14-20)13-33(30,31)15-24-23(29)32-12-18-7-5-4-6-8-18/h4-10,14,16-17,19H,11-13,15H2,1-3H3,(H,24,29)(H,27,28)(H,30,31)/t17-,19?/m0/s1. The van der Waals surface area contributed by atoms with Crippen molar-refractivity contribution < 1.29 is 33.7 Å². The van der Waals surface area contributed by atoms with Crippen molar-refractivity contribution in [3.8, 4) is 0 Å². The molecule has 1 heterocycles. The van der Waals surface area contributed by atoms with Crippen molar-refractivity contribution >= 4 is 42.4 Å². The van der Waals surface area contributed by atoms with Crippen molar-refractivity contribution in [2.24, 2.45) is 11.8 Å². The van der Waals surface area contributed by atoms with Gasteiger partial charge in [0.2, 0.25) is 13.3 Å². The van der Waals surface area contributed by atoms with E-state index in [1.165, 1.54) is 18.3 Å². The van der Waals surface area contributed by atoms with Crippen LogP contribution in [0.3, 0.4) is 0 Å². The van der Waals surface area contributed by atoms with E-state index in [1.54, 1.807) is 41.1 Å². The highest BCUT2D eigenvalue weighted by molar-refractivity contribution is 7.58. The lowest BCUT2D eigenvalue weighted by Crippen LogP contribution is -2.47. The fourth-order valence-electron chi connectivity index (χ4n) is 3.44. The zero-order valence-electron chi connectivity index (χ0n) is 19.4. The van der Waals surface area contributed by atoms with Gasteiger partial charge in [-0.05, 0) is 36.3 Å². The number of ether oxygens (including phenoxy) is 1. The molecular formula is C23H31N2O7PS. The van der Waals surface area contributed by atoms with E-state index < -0.39 is 49.7 Å². The van der Waals surface area contributed by atoms with Crippen LogP contribution in [0.25, 0.3) is 0 Å². The van der Waals surface area contributed by atoms with Gasteiger partial charge in [0, 0.05) is 17.5 Å². The van der Waals surface area contributed by atoms with E-state index in [0.29, 0.717) is 5.69 Å². The first-order chi connectivity index (χ1) is 16.0. The van der Waals surface area contributed by atoms with Gasteiger partial charge >= 0.3 is 12.1 Å². The maximum absolute atomic E-state index is 13.4. The van der Waals surface area contributed by atoms with E-state index in [1.807, 2.05) is 19.9 Å². The average molecular weight is 511 g/mol. The average Bonchev–Trinajstić information content (AvgIpc) is 3.30. The molecule has 0 aliphatic carbocycles. The number of aliphatic carboxylic acids is 1. The molecule has 2 aromatic rings. The smallest absolute Gasteiger partial charge is 0.407 e. The minimum atomic E-state index is -3.98. The van der Waals surface area contributed by atoms with E-state index in [0.717, 1.165) is 10.5 Å². The van der Waals surface area contributed by atoms with Gasteiger partial charge in [-0.1, -0.05) is 44.2 Å². The zero-order chi connectivity index (χ0) is 25.3. The summed E-state index contributed by atoms with van der Waals surface area (Å²) in [4.78, 5) is 48.8. The Bertz CT molecular complexity index is 998. The summed E-state index contributed by atoms with van der Waals surface area (Å²) in [6.45, 7) is 5.15. The van der Waals surface area contributed by atoms with Gasteiger partial charge in [0.25, 0.3) is 0 Å². The van der Waals surface area contributed by atoms with Crippen LogP contribution in [0.2, 0.25) is 0 Å². The topological polar surface area (TPSA) is 133 Å². The summed E-state index contributed by atoms with van der Waals surface area (Å²) in [5, 5.41) is 15.2. The van der Waals surface area contributed by atoms with E-state index in [2.05, 4.69) is 5.32 Å². The molecule has 0 spiro atoms. The lowest BCUT2D eigenvalue weighted by Gasteiger charge is -2.31. The number of rotatable bonds is 12. The Hall–Kier alpha value is -2.68. The Labute approximate surface area is 203 Å². The van der Waals surface area contributed by atoms with Crippen molar-refractivity contribution in [1.82, 2.24) is 5.32 Å². The first-order valence-electron chi connectivity index (χ1n) is 10.8. The number of anilines is 1. The van der Waals surface area contributed by atoms with Gasteiger partial charge in [-0.25, -0.2) is 9.59 Å². The highest BCUT2D eigenvalue weighted by atomic mass is 32.1. The monoisotopic (exact) mass is 510 g/mol. The number of carboxylic acid groups (broad SMARTS) is 1. The molecule has 0 aliphatic rings. The number of nitrogens with zero attached hydrogens (tertiary/aromatic N) is 1. The second-order valence-corrected chi connectivity index (χ2v) is 11.6. The summed E-state index contributed by atoms with van der Waals surface area (Å²) in [6, 6.07) is 9.48. The van der Waals surface area contributed by atoms with E-state index in [4.69, 9.17) is 4.74 Å². The van der Waals surface area contributed by atoms with Crippen LogP contribution in [-0.4, -0.2) is 46.5 Å². The van der Waals surface area contributed by atoms with Crippen molar-refractivity contribution in [3.63, 3.8) is 0 Å². The third-order valence-corrected chi connectivity index (χ3v) is 7.39. The van der Waals surface area contributed by atoms with E-state index in [-0.39, 0.29) is 18.9 Å². The molecule has 0 saturated carbocycles. The van der Waals surface area contributed by atoms with Gasteiger partial charge in [0.1, 0.15) is 12.6 Å². The Morgan fingerprint density at radius 1 is 1.15 bits per heavy atom. The summed E-state index contributed by atoms with van der Waals surface area (Å²) >= 11 is 1.32. The number of carbonyl (C=O) groups is 3. The molecule has 3 atom stereocenters. The fourth-order valence-corrected chi connectivity index (χ4v) is 5.56. The number of thiophene rings is 1. The number of carboxylic acids is 1. The summed E-state index contributed by atoms with van der Waals surface area (Å²) in [5.41, 5.74) is 1.20. The quantitative estimate of drug-likeness (QED) is 0.361. The number of benzene rings is 1. The second kappa shape index (κ2) is 12.7. The van der Waals surface area contributed by atoms with Gasteiger partial charge in [0.05, 0.1) is 12.0 Å². The summed E-state index contributed by atoms with van der Waals surface area (Å²) in [6.07, 6.45) is -1.51. The lowest BCUT2D eigenvalue weighted by molar-refractivity contribution is -0.140. The molecule has 3 N–H and O–H groups in total. The van der Waals surface area contributed by atoms with Crippen molar-refractivity contribution in [2.75, 3.05) is 17.3 Å². The Morgan fingerprint density at radius 2 is 1.82 bits per heavy atom. The Balaban J connectivity index is 2.07. The predicted octanol–water partition coefficient (Wildman–Crippen LogP) is 4.37. The molecule has 34 heavy (non-hydrogen) atoms. The number of nitrogens with one attached hydrogen (secondary N) is 1. The maximum atomic E-state index is 13.4. The highest BCUT2D eigenvalue weighted by Gasteiger charge is 2.36. The Morgan fingerprint density at radius 3 is 2.38 bits per heavy atom. The van der Waals surface area contributed by atoms with E-state index >= 15 is 0 Å². The fraction of sp³-hybridized carbons (Fsp3) is 0.435. The molecule has 1 aromatic heterocycles. The third kappa shape index (κ3) is 8.59. The molecule has 11 heteroatoms. The van der Waals surface area contributed by atoms with Crippen LogP contribution in [0.15, 0.2) is 47.2 Å². The number of carbonyl (C=O) groups excluding carboxylic acids is 2. The number of amides is 2. The third-order valence-electron chi connectivity index (χ3n) is 5.06. The molecule has 0 radical (unpaired) electrons. The van der Waals surface area contributed by atoms with Crippen LogP contribution in [0.1, 0.15) is 32.8 Å². The maximum Gasteiger partial charge on any atom is 0.407 e. The first-order valence-corrected chi connectivity index (χ1v) is 13.8. The molecule has 2 rings (SSSR count). The molecule has 2 amide bonds.